The third kappa shape index (κ3) is 6.05. The molecule has 0 radical (unpaired) electrons. The summed E-state index contributed by atoms with van der Waals surface area (Å²) in [6, 6.07) is 0. The van der Waals surface area contributed by atoms with Gasteiger partial charge in [0, 0.05) is 12.3 Å². The Morgan fingerprint density at radius 2 is 1.95 bits per heavy atom. The summed E-state index contributed by atoms with van der Waals surface area (Å²) >= 11 is 0. The molecule has 1 aliphatic rings. The smallest absolute Gasteiger partial charge is 0.393 e. The second-order valence-electron chi connectivity index (χ2n) is 4.67. The molecule has 0 aromatic rings. The quantitative estimate of drug-likeness (QED) is 0.614. The van der Waals surface area contributed by atoms with Crippen molar-refractivity contribution in [3.05, 3.63) is 0 Å². The Kier molecular flexibility index (Phi) is 7.23. The maximum atomic E-state index is 11.4. The molecule has 116 valence electrons. The van der Waals surface area contributed by atoms with Gasteiger partial charge < -0.3 is 9.45 Å². The molecule has 1 aliphatic heterocycles. The predicted molar refractivity (Wildman–Crippen MR) is 60.3 cm³/mol. The van der Waals surface area contributed by atoms with Gasteiger partial charge in [0.15, 0.2) is 10.1 Å². The van der Waals surface area contributed by atoms with Gasteiger partial charge in [-0.1, -0.05) is 13.3 Å². The van der Waals surface area contributed by atoms with Crippen LogP contribution in [0.2, 0.25) is 0 Å². The number of quaternary nitrogens is 1. The molecule has 19 heavy (non-hydrogen) atoms. The van der Waals surface area contributed by atoms with Crippen LogP contribution in [0.3, 0.4) is 0 Å². The molecule has 0 aliphatic carbocycles. The number of hydrogen-bond donors (Lipinski definition) is 1. The first-order chi connectivity index (χ1) is 8.52. The lowest BCUT2D eigenvalue weighted by atomic mass is 10.0. The van der Waals surface area contributed by atoms with E-state index in [1.165, 1.54) is 32.4 Å². The van der Waals surface area contributed by atoms with Crippen LogP contribution in [0.1, 0.15) is 26.2 Å². The summed E-state index contributed by atoms with van der Waals surface area (Å²) in [6.45, 7) is 5.12. The Bertz CT molecular complexity index is 360. The maximum Gasteiger partial charge on any atom is 0.393 e. The van der Waals surface area contributed by atoms with Gasteiger partial charge in [-0.25, -0.2) is 17.2 Å². The molecule has 0 bridgehead atoms. The number of halogens is 4. The van der Waals surface area contributed by atoms with E-state index in [4.69, 9.17) is 0 Å². The standard InChI is InChI=1S/C8H17N.C2H2F4O3S/c1-3-4-8-5-6-9(2)7-8;3-1(4)2(5,6)10(7,8)9/h8H,3-7H2,1-2H3;1H,(H,7,8,9). The minimum atomic E-state index is -6.23. The van der Waals surface area contributed by atoms with E-state index in [2.05, 4.69) is 14.0 Å². The summed E-state index contributed by atoms with van der Waals surface area (Å²) in [6.07, 6.45) is -0.176. The molecule has 0 saturated carbocycles. The van der Waals surface area contributed by atoms with Gasteiger partial charge in [0.25, 0.3) is 0 Å². The van der Waals surface area contributed by atoms with E-state index in [9.17, 15) is 30.5 Å². The summed E-state index contributed by atoms with van der Waals surface area (Å²) in [7, 11) is -3.93. The SMILES string of the molecule is CCCC1CC[NH+](C)C1.O=S(=O)([O-])C(F)(F)C(F)F. The van der Waals surface area contributed by atoms with Crippen molar-refractivity contribution in [2.75, 3.05) is 20.1 Å². The fourth-order valence-corrected chi connectivity index (χ4v) is 2.13. The van der Waals surface area contributed by atoms with Crippen LogP contribution >= 0.6 is 0 Å². The van der Waals surface area contributed by atoms with Crippen LogP contribution in [-0.4, -0.2) is 44.8 Å². The number of rotatable bonds is 4. The number of hydrogen-bond acceptors (Lipinski definition) is 3. The van der Waals surface area contributed by atoms with Crippen LogP contribution in [0, 0.1) is 5.92 Å². The lowest BCUT2D eigenvalue weighted by Crippen LogP contribution is -3.07. The largest absolute Gasteiger partial charge is 0.743 e. The van der Waals surface area contributed by atoms with E-state index in [0.717, 1.165) is 5.92 Å². The van der Waals surface area contributed by atoms with Crippen LogP contribution < -0.4 is 4.90 Å². The monoisotopic (exact) mass is 309 g/mol. The summed E-state index contributed by atoms with van der Waals surface area (Å²) < 4.78 is 72.7. The fourth-order valence-electron chi connectivity index (χ4n) is 1.91. The lowest BCUT2D eigenvalue weighted by molar-refractivity contribution is -0.867. The molecule has 0 aromatic carbocycles. The highest BCUT2D eigenvalue weighted by Gasteiger charge is 2.48. The predicted octanol–water partition coefficient (Wildman–Crippen LogP) is 0.711. The highest BCUT2D eigenvalue weighted by molar-refractivity contribution is 7.86. The minimum absolute atomic E-state index is 1.05. The van der Waals surface area contributed by atoms with Crippen molar-refractivity contribution >= 4 is 10.1 Å². The maximum absolute atomic E-state index is 11.4. The van der Waals surface area contributed by atoms with Gasteiger partial charge in [0.1, 0.15) is 0 Å². The van der Waals surface area contributed by atoms with Crippen LogP contribution in [0.15, 0.2) is 0 Å². The molecule has 0 amide bonds. The molecule has 2 atom stereocenters. The molecular formula is C10H19F4NO3S. The van der Waals surface area contributed by atoms with Crippen molar-refractivity contribution in [1.82, 2.24) is 0 Å². The molecule has 0 aromatic heterocycles. The third-order valence-electron chi connectivity index (χ3n) is 2.90. The van der Waals surface area contributed by atoms with E-state index in [0.29, 0.717) is 0 Å². The van der Waals surface area contributed by atoms with E-state index in [-0.39, 0.29) is 0 Å². The molecule has 1 fully saturated rings. The topological polar surface area (TPSA) is 61.6 Å². The second kappa shape index (κ2) is 7.39. The zero-order valence-electron chi connectivity index (χ0n) is 10.8. The van der Waals surface area contributed by atoms with Crippen LogP contribution in [0.4, 0.5) is 17.6 Å². The molecule has 2 unspecified atom stereocenters. The van der Waals surface area contributed by atoms with Crippen molar-refractivity contribution in [1.29, 1.82) is 0 Å². The normalized spacial score (nSPS) is 24.2. The number of likely N-dealkylation sites (tertiary alicyclic amines) is 1. The van der Waals surface area contributed by atoms with Gasteiger partial charge in [0.2, 0.25) is 0 Å². The van der Waals surface area contributed by atoms with E-state index < -0.39 is 21.8 Å². The summed E-state index contributed by atoms with van der Waals surface area (Å²) in [5, 5.41) is -5.48. The minimum Gasteiger partial charge on any atom is -0.743 e. The molecule has 1 heterocycles. The van der Waals surface area contributed by atoms with Gasteiger partial charge in [-0.3, -0.25) is 0 Å². The van der Waals surface area contributed by atoms with E-state index in [1.54, 1.807) is 4.90 Å². The first kappa shape index (κ1) is 18.6. The Morgan fingerprint density at radius 3 is 2.16 bits per heavy atom. The molecule has 9 heteroatoms. The Hall–Kier alpha value is -0.410. The van der Waals surface area contributed by atoms with E-state index in [1.807, 2.05) is 0 Å². The van der Waals surface area contributed by atoms with Gasteiger partial charge in [-0.2, -0.15) is 8.78 Å². The highest BCUT2D eigenvalue weighted by atomic mass is 32.2. The summed E-state index contributed by atoms with van der Waals surface area (Å²) in [5.41, 5.74) is 0. The highest BCUT2D eigenvalue weighted by Crippen LogP contribution is 2.27. The van der Waals surface area contributed by atoms with E-state index >= 15 is 0 Å². The molecule has 1 rings (SSSR count). The Labute approximate surface area is 110 Å². The lowest BCUT2D eigenvalue weighted by Gasteiger charge is -2.17. The molecule has 0 spiro atoms. The number of alkyl halides is 4. The van der Waals surface area contributed by atoms with Gasteiger partial charge in [-0.05, 0) is 6.42 Å². The molecule has 1 saturated heterocycles. The molecule has 4 nitrogen and oxygen atoms in total. The second-order valence-corrected chi connectivity index (χ2v) is 6.12. The van der Waals surface area contributed by atoms with Crippen LogP contribution in [-0.2, 0) is 10.1 Å². The van der Waals surface area contributed by atoms with Crippen molar-refractivity contribution in [2.24, 2.45) is 5.92 Å². The van der Waals surface area contributed by atoms with Crippen LogP contribution in [0.5, 0.6) is 0 Å². The van der Waals surface area contributed by atoms with Gasteiger partial charge in [0.05, 0.1) is 20.1 Å². The first-order valence-corrected chi connectivity index (χ1v) is 7.35. The van der Waals surface area contributed by atoms with Crippen molar-refractivity contribution in [3.63, 3.8) is 0 Å². The Balaban J connectivity index is 0.000000342. The summed E-state index contributed by atoms with van der Waals surface area (Å²) in [5.74, 6) is 1.05. The summed E-state index contributed by atoms with van der Waals surface area (Å²) in [4.78, 5) is 1.73. The van der Waals surface area contributed by atoms with Gasteiger partial charge >= 0.3 is 11.7 Å². The zero-order valence-corrected chi connectivity index (χ0v) is 11.7. The van der Waals surface area contributed by atoms with Crippen molar-refractivity contribution in [3.8, 4) is 0 Å². The van der Waals surface area contributed by atoms with Gasteiger partial charge in [-0.15, -0.1) is 0 Å². The average Bonchev–Trinajstić information content (AvgIpc) is 2.63. The number of nitrogens with one attached hydrogen (secondary N) is 1. The van der Waals surface area contributed by atoms with Crippen molar-refractivity contribution in [2.45, 2.75) is 37.9 Å². The molecule has 1 N–H and O–H groups in total. The Morgan fingerprint density at radius 1 is 1.42 bits per heavy atom. The molecular weight excluding hydrogens is 290 g/mol. The fraction of sp³-hybridized carbons (Fsp3) is 1.00. The third-order valence-corrected chi connectivity index (χ3v) is 3.75. The zero-order chi connectivity index (χ0) is 15.3. The van der Waals surface area contributed by atoms with Crippen molar-refractivity contribution < 1.29 is 35.4 Å². The first-order valence-electron chi connectivity index (χ1n) is 5.95. The average molecular weight is 309 g/mol. The van der Waals surface area contributed by atoms with Crippen LogP contribution in [0.25, 0.3) is 0 Å².